The number of benzene rings is 1. The number of hydrogen-bond donors (Lipinski definition) is 2. The summed E-state index contributed by atoms with van der Waals surface area (Å²) in [6.45, 7) is 1.20. The summed E-state index contributed by atoms with van der Waals surface area (Å²) in [7, 11) is 0. The average Bonchev–Trinajstić information content (AvgIpc) is 2.81. The van der Waals surface area contributed by atoms with Crippen LogP contribution in [0.4, 0.5) is 5.69 Å². The first-order valence-electron chi connectivity index (χ1n) is 6.29. The molecule has 3 N–H and O–H groups in total. The lowest BCUT2D eigenvalue weighted by Gasteiger charge is -2.17. The number of nitrogens with zero attached hydrogens (tertiary/aromatic N) is 1. The lowest BCUT2D eigenvalue weighted by atomic mass is 10.1. The van der Waals surface area contributed by atoms with E-state index in [1.54, 1.807) is 23.1 Å². The van der Waals surface area contributed by atoms with E-state index < -0.39 is 5.92 Å². The summed E-state index contributed by atoms with van der Waals surface area (Å²) in [5.41, 5.74) is 5.97. The van der Waals surface area contributed by atoms with Crippen LogP contribution in [-0.2, 0) is 9.59 Å². The van der Waals surface area contributed by atoms with Crippen LogP contribution >= 0.6 is 23.2 Å². The lowest BCUT2D eigenvalue weighted by molar-refractivity contribution is -0.132. The van der Waals surface area contributed by atoms with Gasteiger partial charge in [-0.05, 0) is 24.6 Å². The molecule has 7 heteroatoms. The monoisotopic (exact) mass is 315 g/mol. The van der Waals surface area contributed by atoms with E-state index in [2.05, 4.69) is 5.32 Å². The fraction of sp³-hybridized carbons (Fsp3) is 0.385. The molecule has 0 bridgehead atoms. The minimum Gasteiger partial charge on any atom is -0.354 e. The first kappa shape index (κ1) is 15.1. The first-order valence-corrected chi connectivity index (χ1v) is 7.04. The Hall–Kier alpha value is -1.30. The van der Waals surface area contributed by atoms with Crippen LogP contribution in [0.15, 0.2) is 18.2 Å². The predicted octanol–water partition coefficient (Wildman–Crippen LogP) is 1.42. The van der Waals surface area contributed by atoms with Crippen molar-refractivity contribution < 1.29 is 9.59 Å². The molecule has 20 heavy (non-hydrogen) atoms. The van der Waals surface area contributed by atoms with Crippen LogP contribution in [0.25, 0.3) is 0 Å². The number of amides is 2. The van der Waals surface area contributed by atoms with Crippen molar-refractivity contribution in [1.29, 1.82) is 0 Å². The van der Waals surface area contributed by atoms with Gasteiger partial charge < -0.3 is 16.0 Å². The van der Waals surface area contributed by atoms with Gasteiger partial charge in [0.1, 0.15) is 5.92 Å². The van der Waals surface area contributed by atoms with Crippen LogP contribution in [0, 0.1) is 5.92 Å². The second kappa shape index (κ2) is 6.43. The van der Waals surface area contributed by atoms with Crippen molar-refractivity contribution in [2.45, 2.75) is 6.42 Å². The third kappa shape index (κ3) is 3.06. The van der Waals surface area contributed by atoms with E-state index in [9.17, 15) is 9.59 Å². The third-order valence-electron chi connectivity index (χ3n) is 3.18. The van der Waals surface area contributed by atoms with Crippen LogP contribution in [0.3, 0.4) is 0 Å². The molecule has 1 aliphatic rings. The lowest BCUT2D eigenvalue weighted by Crippen LogP contribution is -2.38. The zero-order chi connectivity index (χ0) is 14.7. The van der Waals surface area contributed by atoms with E-state index in [1.807, 2.05) is 0 Å². The number of hydrogen-bond acceptors (Lipinski definition) is 3. The molecule has 1 atom stereocenters. The smallest absolute Gasteiger partial charge is 0.239 e. The highest BCUT2D eigenvalue weighted by Gasteiger charge is 2.37. The zero-order valence-corrected chi connectivity index (χ0v) is 12.2. The van der Waals surface area contributed by atoms with Crippen LogP contribution in [0.2, 0.25) is 10.0 Å². The Morgan fingerprint density at radius 2 is 2.15 bits per heavy atom. The van der Waals surface area contributed by atoms with Gasteiger partial charge in [0.15, 0.2) is 0 Å². The van der Waals surface area contributed by atoms with Crippen molar-refractivity contribution in [3.05, 3.63) is 28.2 Å². The summed E-state index contributed by atoms with van der Waals surface area (Å²) in [6.07, 6.45) is 0.482. The number of carbonyl (C=O) groups excluding carboxylic acids is 2. The molecule has 1 heterocycles. The van der Waals surface area contributed by atoms with Gasteiger partial charge in [0.2, 0.25) is 11.8 Å². The zero-order valence-electron chi connectivity index (χ0n) is 10.7. The molecular weight excluding hydrogens is 301 g/mol. The fourth-order valence-corrected chi connectivity index (χ4v) is 2.44. The maximum atomic E-state index is 12.3. The number of carbonyl (C=O) groups is 2. The fourth-order valence-electron chi connectivity index (χ4n) is 2.15. The van der Waals surface area contributed by atoms with Crippen molar-refractivity contribution in [3.63, 3.8) is 0 Å². The second-order valence-corrected chi connectivity index (χ2v) is 5.32. The highest BCUT2D eigenvalue weighted by Crippen LogP contribution is 2.31. The molecule has 1 saturated heterocycles. The molecule has 0 aliphatic carbocycles. The van der Waals surface area contributed by atoms with Gasteiger partial charge in [0.25, 0.3) is 0 Å². The Balaban J connectivity index is 2.10. The van der Waals surface area contributed by atoms with Gasteiger partial charge in [-0.2, -0.15) is 0 Å². The average molecular weight is 316 g/mol. The molecule has 0 radical (unpaired) electrons. The molecular formula is C13H15Cl2N3O2. The van der Waals surface area contributed by atoms with Gasteiger partial charge in [0, 0.05) is 25.3 Å². The maximum absolute atomic E-state index is 12.3. The van der Waals surface area contributed by atoms with E-state index in [4.69, 9.17) is 28.9 Å². The van der Waals surface area contributed by atoms with E-state index in [0.717, 1.165) is 0 Å². The van der Waals surface area contributed by atoms with Crippen LogP contribution in [0.5, 0.6) is 0 Å². The van der Waals surface area contributed by atoms with Crippen LogP contribution in [0.1, 0.15) is 6.42 Å². The Kier molecular flexibility index (Phi) is 4.86. The predicted molar refractivity (Wildman–Crippen MR) is 79.0 cm³/mol. The largest absolute Gasteiger partial charge is 0.354 e. The van der Waals surface area contributed by atoms with Crippen molar-refractivity contribution in [1.82, 2.24) is 5.32 Å². The highest BCUT2D eigenvalue weighted by molar-refractivity contribution is 6.42. The molecule has 1 aromatic rings. The SMILES string of the molecule is NCCNC(=O)C1CCN(c2ccc(Cl)c(Cl)c2)C1=O. The number of anilines is 1. The van der Waals surface area contributed by atoms with Gasteiger partial charge in [-0.15, -0.1) is 0 Å². The molecule has 0 saturated carbocycles. The Bertz CT molecular complexity index is 536. The highest BCUT2D eigenvalue weighted by atomic mass is 35.5. The molecule has 1 unspecified atom stereocenters. The number of halogens is 2. The third-order valence-corrected chi connectivity index (χ3v) is 3.92. The van der Waals surface area contributed by atoms with E-state index >= 15 is 0 Å². The number of rotatable bonds is 4. The molecule has 0 aromatic heterocycles. The normalized spacial score (nSPS) is 18.4. The topological polar surface area (TPSA) is 75.4 Å². The molecule has 2 rings (SSSR count). The molecule has 2 amide bonds. The van der Waals surface area contributed by atoms with Gasteiger partial charge in [-0.25, -0.2) is 0 Å². The number of nitrogens with one attached hydrogen (secondary N) is 1. The van der Waals surface area contributed by atoms with E-state index in [-0.39, 0.29) is 11.8 Å². The summed E-state index contributed by atoms with van der Waals surface area (Å²) < 4.78 is 0. The van der Waals surface area contributed by atoms with E-state index in [1.165, 1.54) is 0 Å². The Morgan fingerprint density at radius 3 is 2.80 bits per heavy atom. The summed E-state index contributed by atoms with van der Waals surface area (Å²) in [6, 6.07) is 4.97. The number of nitrogens with two attached hydrogens (primary N) is 1. The van der Waals surface area contributed by atoms with E-state index in [0.29, 0.717) is 41.8 Å². The Labute approximate surface area is 127 Å². The maximum Gasteiger partial charge on any atom is 0.239 e. The minimum absolute atomic E-state index is 0.224. The molecule has 1 fully saturated rings. The van der Waals surface area contributed by atoms with Crippen molar-refractivity contribution in [2.75, 3.05) is 24.5 Å². The van der Waals surface area contributed by atoms with Crippen molar-refractivity contribution in [3.8, 4) is 0 Å². The van der Waals surface area contributed by atoms with Gasteiger partial charge >= 0.3 is 0 Å². The van der Waals surface area contributed by atoms with Crippen molar-refractivity contribution >= 4 is 40.7 Å². The molecule has 1 aromatic carbocycles. The van der Waals surface area contributed by atoms with Gasteiger partial charge in [0.05, 0.1) is 10.0 Å². The van der Waals surface area contributed by atoms with Gasteiger partial charge in [-0.1, -0.05) is 23.2 Å². The quantitative estimate of drug-likeness (QED) is 0.825. The second-order valence-electron chi connectivity index (χ2n) is 4.51. The molecule has 5 nitrogen and oxygen atoms in total. The molecule has 1 aliphatic heterocycles. The molecule has 0 spiro atoms. The summed E-state index contributed by atoms with van der Waals surface area (Å²) in [5.74, 6) is -1.16. The Morgan fingerprint density at radius 1 is 1.40 bits per heavy atom. The molecule has 108 valence electrons. The van der Waals surface area contributed by atoms with Crippen molar-refractivity contribution in [2.24, 2.45) is 11.7 Å². The summed E-state index contributed by atoms with van der Waals surface area (Å²) in [4.78, 5) is 25.7. The first-order chi connectivity index (χ1) is 9.54. The summed E-state index contributed by atoms with van der Waals surface area (Å²) >= 11 is 11.8. The van der Waals surface area contributed by atoms with Crippen LogP contribution in [-0.4, -0.2) is 31.4 Å². The van der Waals surface area contributed by atoms with Gasteiger partial charge in [-0.3, -0.25) is 9.59 Å². The standard InChI is InChI=1S/C13H15Cl2N3O2/c14-10-2-1-8(7-11(10)15)18-6-3-9(13(18)20)12(19)17-5-4-16/h1-2,7,9H,3-6,16H2,(H,17,19). The van der Waals surface area contributed by atoms with Crippen LogP contribution < -0.4 is 16.0 Å². The minimum atomic E-state index is -0.656. The summed E-state index contributed by atoms with van der Waals surface area (Å²) in [5, 5.41) is 3.45.